The van der Waals surface area contributed by atoms with Crippen molar-refractivity contribution in [3.8, 4) is 0 Å². The molecule has 1 aliphatic heterocycles. The number of hydrogen-bond donors (Lipinski definition) is 3. The molecule has 1 unspecified atom stereocenters. The average molecular weight is 985 g/mol. The van der Waals surface area contributed by atoms with Crippen LogP contribution in [0, 0.1) is 20.8 Å². The predicted molar refractivity (Wildman–Crippen MR) is 279 cm³/mol. The Morgan fingerprint density at radius 1 is 0.632 bits per heavy atom. The van der Waals surface area contributed by atoms with E-state index in [1.54, 1.807) is 24.7 Å². The molecule has 0 amide bonds. The number of oxime groups is 1. The van der Waals surface area contributed by atoms with Crippen molar-refractivity contribution in [1.82, 2.24) is 29.9 Å². The molecule has 3 aromatic heterocycles. The van der Waals surface area contributed by atoms with Gasteiger partial charge in [0.25, 0.3) is 0 Å². The van der Waals surface area contributed by atoms with Crippen LogP contribution in [0.1, 0.15) is 200 Å². The predicted octanol–water partition coefficient (Wildman–Crippen LogP) is 14.9. The van der Waals surface area contributed by atoms with Crippen LogP contribution in [0.15, 0.2) is 34.9 Å². The summed E-state index contributed by atoms with van der Waals surface area (Å²) in [6.07, 6.45) is 10.8. The summed E-state index contributed by atoms with van der Waals surface area (Å²) in [6, 6.07) is 0. The molecule has 0 spiro atoms. The van der Waals surface area contributed by atoms with E-state index in [4.69, 9.17) is 22.0 Å². The van der Waals surface area contributed by atoms with E-state index < -0.39 is 0 Å². The van der Waals surface area contributed by atoms with Crippen LogP contribution in [-0.2, 0) is 4.84 Å². The Morgan fingerprint density at radius 3 is 1.23 bits per heavy atom. The second-order valence-corrected chi connectivity index (χ2v) is 9.95. The van der Waals surface area contributed by atoms with E-state index in [0.29, 0.717) is 33.4 Å². The maximum Gasteiger partial charge on any atom is 0.178 e. The quantitative estimate of drug-likeness (QED) is 0.165. The molecule has 57 heavy (non-hydrogen) atoms. The molecule has 0 saturated carbocycles. The van der Waals surface area contributed by atoms with Crippen LogP contribution < -0.4 is 17.2 Å². The van der Waals surface area contributed by atoms with Crippen LogP contribution in [-0.4, -0.2) is 44.0 Å². The fourth-order valence-electron chi connectivity index (χ4n) is 2.50. The topological polar surface area (TPSA) is 177 Å². The van der Waals surface area contributed by atoms with Crippen LogP contribution in [0.3, 0.4) is 0 Å². The SMILES string of the molecule is C.C.C.C=Cc1nc(C)cnc1N.CC.CC.CC.CC.CC.CC1=NOC(c2nc(C)cnc2N)C1.CCC.CCC.CCC.Cc1cnc(N)c(Br)n1.I.[B]. The molecule has 4 heterocycles. The third-order valence-corrected chi connectivity index (χ3v) is 4.67. The molecule has 0 bridgehead atoms. The highest BCUT2D eigenvalue weighted by atomic mass is 127. The van der Waals surface area contributed by atoms with Crippen LogP contribution >= 0.6 is 39.9 Å². The minimum Gasteiger partial charge on any atom is -0.385 e. The van der Waals surface area contributed by atoms with Crippen molar-refractivity contribution in [2.24, 2.45) is 5.16 Å². The van der Waals surface area contributed by atoms with Gasteiger partial charge in [0.2, 0.25) is 0 Å². The third kappa shape index (κ3) is 53.1. The highest BCUT2D eigenvalue weighted by molar-refractivity contribution is 14.0. The summed E-state index contributed by atoms with van der Waals surface area (Å²) in [7, 11) is 0. The van der Waals surface area contributed by atoms with Crippen LogP contribution in [0.25, 0.3) is 6.08 Å². The summed E-state index contributed by atoms with van der Waals surface area (Å²) >= 11 is 3.15. The number of nitrogens with two attached hydrogens (primary N) is 3. The van der Waals surface area contributed by atoms with Crippen LogP contribution in [0.4, 0.5) is 17.5 Å². The lowest BCUT2D eigenvalue weighted by molar-refractivity contribution is 0.0828. The Bertz CT molecular complexity index is 1220. The van der Waals surface area contributed by atoms with Gasteiger partial charge in [-0.05, 0) is 49.7 Å². The number of aryl methyl sites for hydroxylation is 3. The lowest BCUT2D eigenvalue weighted by Crippen LogP contribution is -2.08. The Hall–Kier alpha value is -2.88. The molecule has 0 aliphatic carbocycles. The Labute approximate surface area is 383 Å². The van der Waals surface area contributed by atoms with Crippen molar-refractivity contribution in [2.45, 2.75) is 193 Å². The molecule has 3 aromatic rings. The fourth-order valence-corrected chi connectivity index (χ4v) is 2.88. The average Bonchev–Trinajstić information content (AvgIpc) is 3.60. The zero-order chi connectivity index (χ0) is 42.7. The number of anilines is 3. The van der Waals surface area contributed by atoms with Crippen molar-refractivity contribution in [2.75, 3.05) is 17.2 Å². The van der Waals surface area contributed by atoms with Crippen molar-refractivity contribution in [1.29, 1.82) is 0 Å². The van der Waals surface area contributed by atoms with Gasteiger partial charge in [-0.15, -0.1) is 24.0 Å². The number of rotatable bonds is 2. The first-order chi connectivity index (χ1) is 24.8. The van der Waals surface area contributed by atoms with Crippen LogP contribution in [0.5, 0.6) is 0 Å². The first-order valence-electron chi connectivity index (χ1n) is 19.1. The molecule has 339 valence electrons. The molecule has 1 atom stereocenters. The maximum atomic E-state index is 5.71. The number of nitrogens with zero attached hydrogens (tertiary/aromatic N) is 7. The monoisotopic (exact) mass is 984 g/mol. The van der Waals surface area contributed by atoms with Gasteiger partial charge >= 0.3 is 0 Å². The lowest BCUT2D eigenvalue weighted by atomic mass is 10.1. The molecule has 0 aromatic carbocycles. The minimum atomic E-state index is -0.164. The van der Waals surface area contributed by atoms with E-state index in [0.717, 1.165) is 29.2 Å². The highest BCUT2D eigenvalue weighted by Crippen LogP contribution is 2.28. The molecular formula is C43H94BBrIN10O. The summed E-state index contributed by atoms with van der Waals surface area (Å²) in [5, 5.41) is 3.86. The Morgan fingerprint density at radius 2 is 0.947 bits per heavy atom. The normalized spacial score (nSPS) is 9.63. The van der Waals surface area contributed by atoms with Gasteiger partial charge < -0.3 is 22.0 Å². The Kier molecular flexibility index (Phi) is 102. The van der Waals surface area contributed by atoms with Gasteiger partial charge in [-0.3, -0.25) is 0 Å². The van der Waals surface area contributed by atoms with E-state index >= 15 is 0 Å². The molecule has 14 heteroatoms. The molecule has 1 aliphatic rings. The standard InChI is InChI=1S/C9H12N4O.C7H9N3.C5H6BrN3.3C3H8.5C2H6.3CH4.B.HI/c1-5-3-7(14-13-5)8-9(10)11-4-6(2)12-8;1-3-6-7(8)9-4-5(2)10-6;1-3-2-8-5(7)4(6)9-3;3*1-3-2;5*1-2;;;;;/h4,7H,3H2,1-2H3,(H2,10,11);3-4H,1H2,2H3,(H2,8,9);2H,1H3,(H2,7,8);3*3H2,1-2H3;5*1-2H3;3*1H4;;1H. The third-order valence-electron chi connectivity index (χ3n) is 4.09. The van der Waals surface area contributed by atoms with Crippen molar-refractivity contribution in [3.05, 3.63) is 58.2 Å². The zero-order valence-corrected chi connectivity index (χ0v) is 42.0. The first kappa shape index (κ1) is 86.1. The largest absolute Gasteiger partial charge is 0.385 e. The van der Waals surface area contributed by atoms with Gasteiger partial charge in [-0.1, -0.05) is 164 Å². The minimum absolute atomic E-state index is 0. The van der Waals surface area contributed by atoms with Gasteiger partial charge in [-0.25, -0.2) is 29.9 Å². The molecule has 0 saturated heterocycles. The number of halogens is 2. The molecule has 4 rings (SSSR count). The van der Waals surface area contributed by atoms with Crippen molar-refractivity contribution in [3.63, 3.8) is 0 Å². The second kappa shape index (κ2) is 67.8. The molecule has 11 nitrogen and oxygen atoms in total. The number of hydrogen-bond acceptors (Lipinski definition) is 11. The van der Waals surface area contributed by atoms with Gasteiger partial charge in [0.05, 0.1) is 41.4 Å². The summed E-state index contributed by atoms with van der Waals surface area (Å²) in [4.78, 5) is 29.4. The number of nitrogen functional groups attached to an aromatic ring is 3. The lowest BCUT2D eigenvalue weighted by Gasteiger charge is -2.09. The van der Waals surface area contributed by atoms with Gasteiger partial charge in [0, 0.05) is 14.8 Å². The van der Waals surface area contributed by atoms with Crippen LogP contribution in [0.2, 0.25) is 0 Å². The fraction of sp³-hybridized carbons (Fsp3) is 0.651. The van der Waals surface area contributed by atoms with E-state index in [9.17, 15) is 0 Å². The zero-order valence-electron chi connectivity index (χ0n) is 38.1. The first-order valence-corrected chi connectivity index (χ1v) is 19.9. The molecule has 0 fully saturated rings. The van der Waals surface area contributed by atoms with Gasteiger partial charge in [0.15, 0.2) is 11.9 Å². The summed E-state index contributed by atoms with van der Waals surface area (Å²) in [5.74, 6) is 1.28. The van der Waals surface area contributed by atoms with Crippen molar-refractivity contribution >= 4 is 77.6 Å². The van der Waals surface area contributed by atoms with E-state index in [1.165, 1.54) is 19.3 Å². The maximum absolute atomic E-state index is 5.71. The van der Waals surface area contributed by atoms with Gasteiger partial charge in [0.1, 0.15) is 27.6 Å². The smallest absolute Gasteiger partial charge is 0.178 e. The summed E-state index contributed by atoms with van der Waals surface area (Å²) < 4.78 is 0.613. The molecular weight excluding hydrogens is 890 g/mol. The number of aromatic nitrogens is 6. The summed E-state index contributed by atoms with van der Waals surface area (Å²) in [5.41, 5.74) is 21.4. The van der Waals surface area contributed by atoms with E-state index in [-0.39, 0.29) is 60.8 Å². The van der Waals surface area contributed by atoms with Gasteiger partial charge in [-0.2, -0.15) is 0 Å². The summed E-state index contributed by atoms with van der Waals surface area (Å²) in [6.45, 7) is 43.8. The second-order valence-electron chi connectivity index (χ2n) is 9.20. The van der Waals surface area contributed by atoms with E-state index in [1.807, 2.05) is 96.9 Å². The molecule has 3 radical (unpaired) electrons. The van der Waals surface area contributed by atoms with Crippen molar-refractivity contribution < 1.29 is 4.84 Å². The Balaban J connectivity index is -0.0000000428. The molecule has 6 N–H and O–H groups in total. The van der Waals surface area contributed by atoms with E-state index in [2.05, 4.69) is 99.1 Å². The highest BCUT2D eigenvalue weighted by Gasteiger charge is 2.24.